The van der Waals surface area contributed by atoms with Crippen LogP contribution in [0.15, 0.2) is 42.5 Å². The number of hydrogen-bond acceptors (Lipinski definition) is 3. The summed E-state index contributed by atoms with van der Waals surface area (Å²) in [4.78, 5) is 13.2. The molecule has 0 radical (unpaired) electrons. The molecular formula is C16H16ClNO3. The molecule has 0 unspecified atom stereocenters. The third-order valence-corrected chi connectivity index (χ3v) is 3.51. The average molecular weight is 306 g/mol. The van der Waals surface area contributed by atoms with Crippen molar-refractivity contribution in [2.24, 2.45) is 0 Å². The molecule has 2 aromatic carbocycles. The molecule has 0 saturated heterocycles. The van der Waals surface area contributed by atoms with Crippen LogP contribution in [0.1, 0.15) is 15.9 Å². The zero-order chi connectivity index (χ0) is 15.4. The van der Waals surface area contributed by atoms with Crippen molar-refractivity contribution in [3.05, 3.63) is 58.6 Å². The molecular weight excluding hydrogens is 290 g/mol. The van der Waals surface area contributed by atoms with Gasteiger partial charge in [0.1, 0.15) is 11.3 Å². The predicted octanol–water partition coefficient (Wildman–Crippen LogP) is 3.68. The zero-order valence-corrected chi connectivity index (χ0v) is 12.6. The molecule has 0 aromatic heterocycles. The number of ether oxygens (including phenoxy) is 1. The van der Waals surface area contributed by atoms with Crippen LogP contribution in [0.5, 0.6) is 5.75 Å². The van der Waals surface area contributed by atoms with E-state index in [-0.39, 0.29) is 10.6 Å². The highest BCUT2D eigenvalue weighted by Gasteiger charge is 2.17. The van der Waals surface area contributed by atoms with Gasteiger partial charge < -0.3 is 14.7 Å². The lowest BCUT2D eigenvalue weighted by molar-refractivity contribution is 0.0697. The minimum absolute atomic E-state index is 0.121. The molecule has 0 aliphatic carbocycles. The largest absolute Gasteiger partial charge is 0.497 e. The van der Waals surface area contributed by atoms with Gasteiger partial charge in [0.2, 0.25) is 0 Å². The van der Waals surface area contributed by atoms with E-state index < -0.39 is 5.97 Å². The SMILES string of the molecule is COc1ccc(CN(C)c2cccc(Cl)c2C(=O)O)cc1. The Morgan fingerprint density at radius 1 is 1.24 bits per heavy atom. The van der Waals surface area contributed by atoms with Crippen molar-refractivity contribution >= 4 is 23.3 Å². The summed E-state index contributed by atoms with van der Waals surface area (Å²) in [6.45, 7) is 0.574. The van der Waals surface area contributed by atoms with Gasteiger partial charge in [0.05, 0.1) is 17.8 Å². The summed E-state index contributed by atoms with van der Waals surface area (Å²) in [7, 11) is 3.45. The van der Waals surface area contributed by atoms with Crippen LogP contribution < -0.4 is 9.64 Å². The van der Waals surface area contributed by atoms with Crippen LogP contribution in [0, 0.1) is 0 Å². The van der Waals surface area contributed by atoms with Gasteiger partial charge in [-0.2, -0.15) is 0 Å². The zero-order valence-electron chi connectivity index (χ0n) is 11.8. The standard InChI is InChI=1S/C16H16ClNO3/c1-18(10-11-6-8-12(21-2)9-7-11)14-5-3-4-13(17)15(14)16(19)20/h3-9H,10H2,1-2H3,(H,19,20). The summed E-state index contributed by atoms with van der Waals surface area (Å²) in [5, 5.41) is 9.54. The highest BCUT2D eigenvalue weighted by molar-refractivity contribution is 6.34. The highest BCUT2D eigenvalue weighted by atomic mass is 35.5. The summed E-state index contributed by atoms with van der Waals surface area (Å²) in [6.07, 6.45) is 0. The first-order valence-electron chi connectivity index (χ1n) is 6.39. The molecule has 0 aliphatic rings. The summed E-state index contributed by atoms with van der Waals surface area (Å²) >= 11 is 5.99. The molecule has 21 heavy (non-hydrogen) atoms. The number of carboxylic acid groups (broad SMARTS) is 1. The number of anilines is 1. The Morgan fingerprint density at radius 2 is 1.90 bits per heavy atom. The fourth-order valence-corrected chi connectivity index (χ4v) is 2.38. The average Bonchev–Trinajstić information content (AvgIpc) is 2.47. The summed E-state index contributed by atoms with van der Waals surface area (Å²) in [6, 6.07) is 12.7. The smallest absolute Gasteiger partial charge is 0.339 e. The molecule has 4 nitrogen and oxygen atoms in total. The Kier molecular flexibility index (Phi) is 4.70. The van der Waals surface area contributed by atoms with E-state index in [0.29, 0.717) is 12.2 Å². The minimum atomic E-state index is -1.03. The summed E-state index contributed by atoms with van der Waals surface area (Å²) in [5.41, 5.74) is 1.76. The van der Waals surface area contributed by atoms with E-state index in [4.69, 9.17) is 16.3 Å². The topological polar surface area (TPSA) is 49.8 Å². The van der Waals surface area contributed by atoms with Crippen molar-refractivity contribution < 1.29 is 14.6 Å². The Morgan fingerprint density at radius 3 is 2.48 bits per heavy atom. The van der Waals surface area contributed by atoms with Gasteiger partial charge in [-0.15, -0.1) is 0 Å². The van der Waals surface area contributed by atoms with E-state index in [1.165, 1.54) is 0 Å². The number of rotatable bonds is 5. The molecule has 2 rings (SSSR count). The van der Waals surface area contributed by atoms with E-state index >= 15 is 0 Å². The van der Waals surface area contributed by atoms with E-state index in [1.807, 2.05) is 36.2 Å². The van der Waals surface area contributed by atoms with Gasteiger partial charge in [0, 0.05) is 13.6 Å². The monoisotopic (exact) mass is 305 g/mol. The fraction of sp³-hybridized carbons (Fsp3) is 0.188. The maximum Gasteiger partial charge on any atom is 0.339 e. The third kappa shape index (κ3) is 3.47. The van der Waals surface area contributed by atoms with E-state index in [0.717, 1.165) is 11.3 Å². The second-order valence-corrected chi connectivity index (χ2v) is 5.05. The molecule has 0 bridgehead atoms. The van der Waals surface area contributed by atoms with Crippen LogP contribution in [0.25, 0.3) is 0 Å². The van der Waals surface area contributed by atoms with E-state index in [1.54, 1.807) is 25.3 Å². The second kappa shape index (κ2) is 6.50. The highest BCUT2D eigenvalue weighted by Crippen LogP contribution is 2.28. The van der Waals surface area contributed by atoms with Gasteiger partial charge in [-0.25, -0.2) is 4.79 Å². The fourth-order valence-electron chi connectivity index (χ4n) is 2.13. The quantitative estimate of drug-likeness (QED) is 0.915. The van der Waals surface area contributed by atoms with Gasteiger partial charge in [0.25, 0.3) is 0 Å². The minimum Gasteiger partial charge on any atom is -0.497 e. The first-order valence-corrected chi connectivity index (χ1v) is 6.76. The van der Waals surface area contributed by atoms with Crippen LogP contribution in [-0.2, 0) is 6.54 Å². The van der Waals surface area contributed by atoms with Crippen molar-refractivity contribution in [2.75, 3.05) is 19.1 Å². The van der Waals surface area contributed by atoms with Crippen LogP contribution in [0.4, 0.5) is 5.69 Å². The van der Waals surface area contributed by atoms with Crippen molar-refractivity contribution in [1.29, 1.82) is 0 Å². The number of hydrogen-bond donors (Lipinski definition) is 1. The number of carboxylic acids is 1. The summed E-state index contributed by atoms with van der Waals surface area (Å²) in [5.74, 6) is -0.243. The van der Waals surface area contributed by atoms with Gasteiger partial charge >= 0.3 is 5.97 Å². The molecule has 0 amide bonds. The molecule has 0 heterocycles. The van der Waals surface area contributed by atoms with Gasteiger partial charge in [-0.1, -0.05) is 29.8 Å². The normalized spacial score (nSPS) is 10.2. The van der Waals surface area contributed by atoms with Crippen molar-refractivity contribution in [1.82, 2.24) is 0 Å². The molecule has 0 aliphatic heterocycles. The van der Waals surface area contributed by atoms with Gasteiger partial charge in [-0.05, 0) is 29.8 Å². The molecule has 0 fully saturated rings. The van der Waals surface area contributed by atoms with Gasteiger partial charge in [-0.3, -0.25) is 0 Å². The van der Waals surface area contributed by atoms with Crippen LogP contribution in [-0.4, -0.2) is 25.2 Å². The Hall–Kier alpha value is -2.20. The number of carbonyl (C=O) groups is 1. The lowest BCUT2D eigenvalue weighted by atomic mass is 10.1. The number of benzene rings is 2. The molecule has 0 spiro atoms. The van der Waals surface area contributed by atoms with Crippen molar-refractivity contribution in [3.8, 4) is 5.75 Å². The second-order valence-electron chi connectivity index (χ2n) is 4.64. The number of nitrogens with zero attached hydrogens (tertiary/aromatic N) is 1. The first kappa shape index (κ1) is 15.2. The maximum absolute atomic E-state index is 11.4. The molecule has 1 N–H and O–H groups in total. The summed E-state index contributed by atoms with van der Waals surface area (Å²) < 4.78 is 5.12. The van der Waals surface area contributed by atoms with Crippen molar-refractivity contribution in [2.45, 2.75) is 6.54 Å². The molecule has 0 saturated carbocycles. The first-order chi connectivity index (χ1) is 10.0. The van der Waals surface area contributed by atoms with Crippen LogP contribution in [0.2, 0.25) is 5.02 Å². The molecule has 0 atom stereocenters. The number of methoxy groups -OCH3 is 1. The Balaban J connectivity index is 2.25. The predicted molar refractivity (Wildman–Crippen MR) is 83.5 cm³/mol. The van der Waals surface area contributed by atoms with Crippen molar-refractivity contribution in [3.63, 3.8) is 0 Å². The number of halogens is 1. The van der Waals surface area contributed by atoms with E-state index in [9.17, 15) is 9.90 Å². The molecule has 110 valence electrons. The number of aromatic carboxylic acids is 1. The lowest BCUT2D eigenvalue weighted by Gasteiger charge is -2.22. The third-order valence-electron chi connectivity index (χ3n) is 3.20. The van der Waals surface area contributed by atoms with Gasteiger partial charge in [0.15, 0.2) is 0 Å². The molecule has 2 aromatic rings. The van der Waals surface area contributed by atoms with Crippen LogP contribution >= 0.6 is 11.6 Å². The van der Waals surface area contributed by atoms with Crippen LogP contribution in [0.3, 0.4) is 0 Å². The Labute approximate surface area is 128 Å². The lowest BCUT2D eigenvalue weighted by Crippen LogP contribution is -2.19. The van der Waals surface area contributed by atoms with E-state index in [2.05, 4.69) is 0 Å². The molecule has 5 heteroatoms. The Bertz CT molecular complexity index is 640. The maximum atomic E-state index is 11.4.